The van der Waals surface area contributed by atoms with Crippen LogP contribution in [0.4, 0.5) is 0 Å². The van der Waals surface area contributed by atoms with E-state index in [0.717, 1.165) is 60.7 Å². The second-order valence-corrected chi connectivity index (χ2v) is 11.1. The number of carbonyl (C=O) groups is 1. The largest absolute Gasteiger partial charge is 0.487 e. The number of benzene rings is 1. The molecule has 0 bridgehead atoms. The number of thioether (sulfide) groups is 1. The molecule has 204 valence electrons. The summed E-state index contributed by atoms with van der Waals surface area (Å²) in [4.78, 5) is 21.4. The molecular weight excluding hydrogens is 512 g/mol. The van der Waals surface area contributed by atoms with Gasteiger partial charge in [0.2, 0.25) is 0 Å². The molecule has 1 saturated carbocycles. The average molecular weight is 547 g/mol. The van der Waals surface area contributed by atoms with Crippen LogP contribution in [0.3, 0.4) is 0 Å². The fourth-order valence-corrected chi connectivity index (χ4v) is 6.21. The number of nitrogens with two attached hydrogens (primary N) is 1. The number of hydrogen-bond acceptors (Lipinski definition) is 7. The lowest BCUT2D eigenvalue weighted by Crippen LogP contribution is -2.22. The van der Waals surface area contributed by atoms with Crippen LogP contribution in [-0.2, 0) is 16.1 Å². The van der Waals surface area contributed by atoms with Gasteiger partial charge in [0.05, 0.1) is 17.6 Å². The summed E-state index contributed by atoms with van der Waals surface area (Å²) in [6.45, 7) is 3.21. The number of nitrogens with zero attached hydrogens (tertiary/aromatic N) is 3. The summed E-state index contributed by atoms with van der Waals surface area (Å²) >= 11 is 1.70. The molecule has 1 saturated heterocycles. The third-order valence-electron chi connectivity index (χ3n) is 6.93. The maximum absolute atomic E-state index is 12.4. The number of primary amides is 1. The second-order valence-electron chi connectivity index (χ2n) is 9.80. The maximum Gasteiger partial charge on any atom is 0.269 e. The number of ether oxygens (including phenoxy) is 3. The molecule has 2 N–H and O–H groups in total. The Hall–Kier alpha value is -3.32. The van der Waals surface area contributed by atoms with Crippen molar-refractivity contribution in [3.8, 4) is 23.3 Å². The van der Waals surface area contributed by atoms with E-state index in [1.165, 1.54) is 12.8 Å². The van der Waals surface area contributed by atoms with E-state index < -0.39 is 5.91 Å². The van der Waals surface area contributed by atoms with Gasteiger partial charge in [-0.2, -0.15) is 0 Å². The quantitative estimate of drug-likeness (QED) is 0.369. The van der Waals surface area contributed by atoms with Crippen LogP contribution in [0.5, 0.6) is 5.75 Å². The van der Waals surface area contributed by atoms with Crippen molar-refractivity contribution >= 4 is 17.7 Å². The number of rotatable bonds is 9. The van der Waals surface area contributed by atoms with Crippen LogP contribution >= 0.6 is 11.8 Å². The number of carbonyl (C=O) groups excluding carboxylic acids is 1. The summed E-state index contributed by atoms with van der Waals surface area (Å²) in [6, 6.07) is 9.57. The molecule has 3 aromatic rings. The number of aromatic nitrogens is 3. The Kier molecular flexibility index (Phi) is 9.19. The van der Waals surface area contributed by atoms with Crippen molar-refractivity contribution in [1.29, 1.82) is 0 Å². The Morgan fingerprint density at radius 1 is 1.21 bits per heavy atom. The van der Waals surface area contributed by atoms with Gasteiger partial charge in [-0.15, -0.1) is 0 Å². The average Bonchev–Trinajstić information content (AvgIpc) is 3.60. The van der Waals surface area contributed by atoms with Crippen molar-refractivity contribution in [1.82, 2.24) is 14.5 Å². The lowest BCUT2D eigenvalue weighted by molar-refractivity contribution is -0.154. The van der Waals surface area contributed by atoms with Gasteiger partial charge in [-0.25, -0.2) is 4.98 Å². The topological polar surface area (TPSA) is 101 Å². The van der Waals surface area contributed by atoms with E-state index in [1.807, 2.05) is 41.8 Å². The smallest absolute Gasteiger partial charge is 0.269 e. The van der Waals surface area contributed by atoms with Crippen LogP contribution in [0.1, 0.15) is 72.3 Å². The number of aryl methyl sites for hydroxylation is 1. The van der Waals surface area contributed by atoms with Gasteiger partial charge >= 0.3 is 0 Å². The van der Waals surface area contributed by atoms with E-state index in [4.69, 9.17) is 19.9 Å². The van der Waals surface area contributed by atoms with Crippen molar-refractivity contribution in [3.05, 3.63) is 65.2 Å². The monoisotopic (exact) mass is 546 g/mol. The molecule has 1 aromatic carbocycles. The van der Waals surface area contributed by atoms with Crippen LogP contribution in [0.25, 0.3) is 5.69 Å². The van der Waals surface area contributed by atoms with Crippen molar-refractivity contribution in [2.24, 2.45) is 5.73 Å². The first-order chi connectivity index (χ1) is 19.1. The third kappa shape index (κ3) is 7.01. The summed E-state index contributed by atoms with van der Waals surface area (Å²) in [5.41, 5.74) is 9.32. The molecule has 1 atom stereocenters. The van der Waals surface area contributed by atoms with Gasteiger partial charge in [0.1, 0.15) is 19.0 Å². The fraction of sp³-hybridized carbons (Fsp3) is 0.433. The summed E-state index contributed by atoms with van der Waals surface area (Å²) in [6.07, 6.45) is 11.2. The number of amides is 1. The summed E-state index contributed by atoms with van der Waals surface area (Å²) < 4.78 is 19.4. The number of pyridine rings is 1. The van der Waals surface area contributed by atoms with Crippen molar-refractivity contribution in [2.45, 2.75) is 75.2 Å². The van der Waals surface area contributed by atoms with Gasteiger partial charge < -0.3 is 19.9 Å². The lowest BCUT2D eigenvalue weighted by Gasteiger charge is -2.21. The molecule has 39 heavy (non-hydrogen) atoms. The molecule has 3 heterocycles. The molecule has 1 aliphatic carbocycles. The molecule has 1 unspecified atom stereocenters. The highest BCUT2D eigenvalue weighted by atomic mass is 32.2. The van der Waals surface area contributed by atoms with Crippen LogP contribution in [0.2, 0.25) is 0 Å². The van der Waals surface area contributed by atoms with Gasteiger partial charge in [0, 0.05) is 23.6 Å². The minimum absolute atomic E-state index is 0.130. The van der Waals surface area contributed by atoms with E-state index in [1.54, 1.807) is 24.2 Å². The van der Waals surface area contributed by atoms with Crippen molar-refractivity contribution < 1.29 is 19.0 Å². The molecule has 5 rings (SSSR count). The third-order valence-corrected chi connectivity index (χ3v) is 8.22. The summed E-state index contributed by atoms with van der Waals surface area (Å²) in [5.74, 6) is 6.35. The van der Waals surface area contributed by atoms with Crippen molar-refractivity contribution in [2.75, 3.05) is 13.2 Å². The molecule has 8 nitrogen and oxygen atoms in total. The summed E-state index contributed by atoms with van der Waals surface area (Å²) in [5, 5.41) is 1.21. The van der Waals surface area contributed by atoms with Crippen LogP contribution in [-0.4, -0.2) is 45.2 Å². The molecule has 2 aromatic heterocycles. The molecule has 9 heteroatoms. The maximum atomic E-state index is 12.4. The van der Waals surface area contributed by atoms with Crippen molar-refractivity contribution in [3.63, 3.8) is 0 Å². The van der Waals surface area contributed by atoms with Crippen LogP contribution < -0.4 is 10.5 Å². The zero-order valence-electron chi connectivity index (χ0n) is 22.2. The normalized spacial score (nSPS) is 17.5. The zero-order chi connectivity index (χ0) is 27.0. The fourth-order valence-electron chi connectivity index (χ4n) is 4.87. The van der Waals surface area contributed by atoms with E-state index in [0.29, 0.717) is 23.3 Å². The minimum atomic E-state index is -0.577. The molecule has 1 amide bonds. The van der Waals surface area contributed by atoms with Gasteiger partial charge in [0.15, 0.2) is 17.1 Å². The van der Waals surface area contributed by atoms with Crippen LogP contribution in [0, 0.1) is 18.8 Å². The SMILES string of the molecule is Cc1cc(OCc2c(C(N)=O)nc(SC3CCCC3)n2-c2cccnc2)ccc1C#CCOC1CCCCO1. The van der Waals surface area contributed by atoms with E-state index in [2.05, 4.69) is 21.8 Å². The van der Waals surface area contributed by atoms with Gasteiger partial charge in [-0.3, -0.25) is 14.3 Å². The highest BCUT2D eigenvalue weighted by Crippen LogP contribution is 2.36. The minimum Gasteiger partial charge on any atom is -0.487 e. The first kappa shape index (κ1) is 27.3. The second kappa shape index (κ2) is 13.2. The van der Waals surface area contributed by atoms with Crippen LogP contribution in [0.15, 0.2) is 47.9 Å². The Morgan fingerprint density at radius 3 is 2.77 bits per heavy atom. The molecule has 0 radical (unpaired) electrons. The molecule has 2 aliphatic rings. The van der Waals surface area contributed by atoms with E-state index in [9.17, 15) is 4.79 Å². The molecular formula is C30H34N4O4S. The number of imidazole rings is 1. The van der Waals surface area contributed by atoms with Gasteiger partial charge in [0.25, 0.3) is 5.91 Å². The first-order valence-corrected chi connectivity index (χ1v) is 14.4. The Labute approximate surface area is 233 Å². The zero-order valence-corrected chi connectivity index (χ0v) is 23.0. The predicted octanol–water partition coefficient (Wildman–Crippen LogP) is 5.18. The molecule has 1 aliphatic heterocycles. The molecule has 2 fully saturated rings. The lowest BCUT2D eigenvalue weighted by atomic mass is 10.1. The Balaban J connectivity index is 1.32. The highest BCUT2D eigenvalue weighted by Gasteiger charge is 2.26. The van der Waals surface area contributed by atoms with Gasteiger partial charge in [-0.1, -0.05) is 36.4 Å². The number of hydrogen-bond donors (Lipinski definition) is 1. The highest BCUT2D eigenvalue weighted by molar-refractivity contribution is 7.99. The Morgan fingerprint density at radius 2 is 2.05 bits per heavy atom. The van der Waals surface area contributed by atoms with E-state index >= 15 is 0 Å². The van der Waals surface area contributed by atoms with Gasteiger partial charge in [-0.05, 0) is 74.9 Å². The Bertz CT molecular complexity index is 1340. The predicted molar refractivity (Wildman–Crippen MR) is 150 cm³/mol. The summed E-state index contributed by atoms with van der Waals surface area (Å²) in [7, 11) is 0. The molecule has 0 spiro atoms. The first-order valence-electron chi connectivity index (χ1n) is 13.5. The van der Waals surface area contributed by atoms with E-state index in [-0.39, 0.29) is 18.6 Å². The standard InChI is InChI=1S/C30H34N4O4S/c1-21-18-24(14-13-22(21)8-7-17-37-27-12-4-5-16-36-27)38-20-26-28(29(31)35)33-30(39-25-10-2-3-11-25)34(26)23-9-6-15-32-19-23/h6,9,13-15,18-19,25,27H,2-5,10-12,16-17,20H2,1H3,(H2,31,35).